The van der Waals surface area contributed by atoms with Crippen LogP contribution in [0.15, 0.2) is 53.4 Å². The van der Waals surface area contributed by atoms with Gasteiger partial charge in [-0.2, -0.15) is 0 Å². The molecule has 0 N–H and O–H groups in total. The number of hydrogen-bond donors (Lipinski definition) is 0. The van der Waals surface area contributed by atoms with Crippen molar-refractivity contribution in [2.24, 2.45) is 0 Å². The highest BCUT2D eigenvalue weighted by Gasteiger charge is 2.00. The van der Waals surface area contributed by atoms with Crippen LogP contribution in [-0.4, -0.2) is 5.78 Å². The molecule has 0 aliphatic carbocycles. The Bertz CT molecular complexity index is 531. The molecule has 0 atom stereocenters. The molecule has 0 saturated heterocycles. The van der Waals surface area contributed by atoms with E-state index in [9.17, 15) is 9.18 Å². The number of thioether (sulfide) groups is 1. The van der Waals surface area contributed by atoms with E-state index in [4.69, 9.17) is 0 Å². The van der Waals surface area contributed by atoms with Gasteiger partial charge in [0.05, 0.1) is 0 Å². The van der Waals surface area contributed by atoms with Gasteiger partial charge in [-0.3, -0.25) is 4.79 Å². The molecule has 1 nitrogen and oxygen atoms in total. The molecule has 2 aromatic carbocycles. The zero-order valence-electron chi connectivity index (χ0n) is 10.0. The van der Waals surface area contributed by atoms with Gasteiger partial charge in [0, 0.05) is 16.2 Å². The van der Waals surface area contributed by atoms with Crippen LogP contribution in [0.4, 0.5) is 4.39 Å². The lowest BCUT2D eigenvalue weighted by molar-refractivity contribution is 0.101. The van der Waals surface area contributed by atoms with E-state index >= 15 is 0 Å². The molecular weight excluding hydrogens is 247 g/mol. The Labute approximate surface area is 110 Å². The Balaban J connectivity index is 1.97. The van der Waals surface area contributed by atoms with Crippen LogP contribution in [0.3, 0.4) is 0 Å². The zero-order chi connectivity index (χ0) is 13.0. The number of carbonyl (C=O) groups is 1. The quantitative estimate of drug-likeness (QED) is 0.601. The number of benzene rings is 2. The lowest BCUT2D eigenvalue weighted by Crippen LogP contribution is -1.90. The molecule has 3 heteroatoms. The fourth-order valence-electron chi connectivity index (χ4n) is 1.53. The molecule has 0 fully saturated rings. The first kappa shape index (κ1) is 12.8. The van der Waals surface area contributed by atoms with Crippen molar-refractivity contribution in [3.05, 3.63) is 65.5 Å². The summed E-state index contributed by atoms with van der Waals surface area (Å²) in [6, 6.07) is 14.0. The Morgan fingerprint density at radius 3 is 2.22 bits per heavy atom. The first-order chi connectivity index (χ1) is 8.65. The minimum absolute atomic E-state index is 0.0742. The predicted octanol–water partition coefficient (Wildman–Crippen LogP) is 4.32. The minimum Gasteiger partial charge on any atom is -0.295 e. The Morgan fingerprint density at radius 1 is 1.06 bits per heavy atom. The molecule has 18 heavy (non-hydrogen) atoms. The van der Waals surface area contributed by atoms with Crippen LogP contribution in [0, 0.1) is 5.82 Å². The highest BCUT2D eigenvalue weighted by atomic mass is 32.2. The van der Waals surface area contributed by atoms with Gasteiger partial charge in [-0.05, 0) is 36.8 Å². The van der Waals surface area contributed by atoms with Crippen molar-refractivity contribution in [2.45, 2.75) is 17.6 Å². The monoisotopic (exact) mass is 260 g/mol. The van der Waals surface area contributed by atoms with Crippen LogP contribution in [-0.2, 0) is 5.75 Å². The molecule has 2 rings (SSSR count). The van der Waals surface area contributed by atoms with Gasteiger partial charge in [0.2, 0.25) is 0 Å². The van der Waals surface area contributed by atoms with Gasteiger partial charge in [-0.15, -0.1) is 11.8 Å². The van der Waals surface area contributed by atoms with E-state index in [-0.39, 0.29) is 11.6 Å². The second kappa shape index (κ2) is 5.83. The Hall–Kier alpha value is -1.61. The number of ketones is 1. The summed E-state index contributed by atoms with van der Waals surface area (Å²) in [7, 11) is 0. The summed E-state index contributed by atoms with van der Waals surface area (Å²) < 4.78 is 12.7. The van der Waals surface area contributed by atoms with Crippen molar-refractivity contribution in [1.82, 2.24) is 0 Å². The van der Waals surface area contributed by atoms with E-state index in [0.29, 0.717) is 0 Å². The molecule has 92 valence electrons. The molecule has 0 amide bonds. The van der Waals surface area contributed by atoms with Crippen LogP contribution < -0.4 is 0 Å². The third-order valence-electron chi connectivity index (χ3n) is 2.58. The van der Waals surface area contributed by atoms with Gasteiger partial charge in [0.15, 0.2) is 5.78 Å². The van der Waals surface area contributed by atoms with E-state index in [1.807, 2.05) is 24.3 Å². The standard InChI is InChI=1S/C15H13FOS/c1-11(17)13-4-8-15(9-5-13)18-10-12-2-6-14(16)7-3-12/h2-9H,10H2,1H3. The fraction of sp³-hybridized carbons (Fsp3) is 0.133. The zero-order valence-corrected chi connectivity index (χ0v) is 10.8. The van der Waals surface area contributed by atoms with E-state index in [1.165, 1.54) is 12.1 Å². The van der Waals surface area contributed by atoms with Gasteiger partial charge in [0.25, 0.3) is 0 Å². The molecule has 0 heterocycles. The summed E-state index contributed by atoms with van der Waals surface area (Å²) >= 11 is 1.67. The summed E-state index contributed by atoms with van der Waals surface area (Å²) in [5.74, 6) is 0.652. The van der Waals surface area contributed by atoms with Crippen LogP contribution in [0.1, 0.15) is 22.8 Å². The van der Waals surface area contributed by atoms with E-state index in [2.05, 4.69) is 0 Å². The summed E-state index contributed by atoms with van der Waals surface area (Å²) in [5, 5.41) is 0. The summed E-state index contributed by atoms with van der Waals surface area (Å²) in [6.45, 7) is 1.56. The van der Waals surface area contributed by atoms with E-state index < -0.39 is 0 Å². The average molecular weight is 260 g/mol. The molecule has 0 aliphatic heterocycles. The minimum atomic E-state index is -0.213. The van der Waals surface area contributed by atoms with Crippen molar-refractivity contribution in [2.75, 3.05) is 0 Å². The van der Waals surface area contributed by atoms with Gasteiger partial charge >= 0.3 is 0 Å². The summed E-state index contributed by atoms with van der Waals surface area (Å²) in [4.78, 5) is 12.2. The Morgan fingerprint density at radius 2 is 1.67 bits per heavy atom. The van der Waals surface area contributed by atoms with Gasteiger partial charge in [0.1, 0.15) is 5.82 Å². The molecule has 0 spiro atoms. The Kier molecular flexibility index (Phi) is 4.15. The number of Topliss-reactive ketones (excluding diaryl/α,β-unsaturated/α-hetero) is 1. The summed E-state index contributed by atoms with van der Waals surface area (Å²) in [5.41, 5.74) is 1.80. The second-order valence-electron chi connectivity index (χ2n) is 4.00. The third kappa shape index (κ3) is 3.44. The third-order valence-corrected chi connectivity index (χ3v) is 3.66. The smallest absolute Gasteiger partial charge is 0.159 e. The van der Waals surface area contributed by atoms with Gasteiger partial charge in [-0.25, -0.2) is 4.39 Å². The molecule has 0 bridgehead atoms. The molecule has 0 unspecified atom stereocenters. The molecule has 0 aromatic heterocycles. The maximum Gasteiger partial charge on any atom is 0.159 e. The molecule has 2 aromatic rings. The summed E-state index contributed by atoms with van der Waals surface area (Å²) in [6.07, 6.45) is 0. The lowest BCUT2D eigenvalue weighted by atomic mass is 10.2. The number of hydrogen-bond acceptors (Lipinski definition) is 2. The average Bonchev–Trinajstić information content (AvgIpc) is 2.38. The number of carbonyl (C=O) groups excluding carboxylic acids is 1. The molecular formula is C15H13FOS. The van der Waals surface area contributed by atoms with Crippen molar-refractivity contribution in [1.29, 1.82) is 0 Å². The number of halogens is 1. The predicted molar refractivity (Wildman–Crippen MR) is 72.4 cm³/mol. The SMILES string of the molecule is CC(=O)c1ccc(SCc2ccc(F)cc2)cc1. The second-order valence-corrected chi connectivity index (χ2v) is 5.04. The lowest BCUT2D eigenvalue weighted by Gasteiger charge is -2.03. The van der Waals surface area contributed by atoms with Crippen molar-refractivity contribution >= 4 is 17.5 Å². The first-order valence-corrected chi connectivity index (χ1v) is 6.62. The highest BCUT2D eigenvalue weighted by molar-refractivity contribution is 7.98. The van der Waals surface area contributed by atoms with Crippen LogP contribution in [0.2, 0.25) is 0 Å². The maximum absolute atomic E-state index is 12.7. The van der Waals surface area contributed by atoms with Crippen molar-refractivity contribution in [3.63, 3.8) is 0 Å². The van der Waals surface area contributed by atoms with E-state index in [0.717, 1.165) is 21.8 Å². The fourth-order valence-corrected chi connectivity index (χ4v) is 2.39. The maximum atomic E-state index is 12.7. The first-order valence-electron chi connectivity index (χ1n) is 5.63. The van der Waals surface area contributed by atoms with E-state index in [1.54, 1.807) is 30.8 Å². The van der Waals surface area contributed by atoms with Crippen molar-refractivity contribution in [3.8, 4) is 0 Å². The normalized spacial score (nSPS) is 10.3. The highest BCUT2D eigenvalue weighted by Crippen LogP contribution is 2.23. The molecule has 0 saturated carbocycles. The molecule has 0 radical (unpaired) electrons. The topological polar surface area (TPSA) is 17.1 Å². The van der Waals surface area contributed by atoms with Gasteiger partial charge in [-0.1, -0.05) is 24.3 Å². The molecule has 0 aliphatic rings. The van der Waals surface area contributed by atoms with Gasteiger partial charge < -0.3 is 0 Å². The van der Waals surface area contributed by atoms with Crippen LogP contribution in [0.5, 0.6) is 0 Å². The van der Waals surface area contributed by atoms with Crippen LogP contribution in [0.25, 0.3) is 0 Å². The van der Waals surface area contributed by atoms with Crippen LogP contribution >= 0.6 is 11.8 Å². The largest absolute Gasteiger partial charge is 0.295 e. The number of rotatable bonds is 4. The van der Waals surface area contributed by atoms with Crippen molar-refractivity contribution < 1.29 is 9.18 Å².